The van der Waals surface area contributed by atoms with Gasteiger partial charge < -0.3 is 15.4 Å². The molecule has 0 fully saturated rings. The summed E-state index contributed by atoms with van der Waals surface area (Å²) in [7, 11) is 0. The molecule has 3 aromatic rings. The molecule has 7 heteroatoms. The molecule has 0 bridgehead atoms. The molecule has 0 saturated carbocycles. The lowest BCUT2D eigenvalue weighted by atomic mass is 10.1. The third-order valence-electron chi connectivity index (χ3n) is 4.78. The number of ether oxygens (including phenoxy) is 1. The Bertz CT molecular complexity index is 1120. The molecule has 1 atom stereocenters. The molecule has 0 aliphatic carbocycles. The van der Waals surface area contributed by atoms with Crippen LogP contribution >= 0.6 is 12.2 Å². The molecule has 1 unspecified atom stereocenters. The number of benzene rings is 3. The van der Waals surface area contributed by atoms with Crippen LogP contribution < -0.4 is 20.7 Å². The average molecular weight is 462 g/mol. The highest BCUT2D eigenvalue weighted by atomic mass is 32.1. The Balaban J connectivity index is 1.63. The van der Waals surface area contributed by atoms with Crippen LogP contribution in [0.3, 0.4) is 0 Å². The summed E-state index contributed by atoms with van der Waals surface area (Å²) >= 11 is 5.31. The van der Waals surface area contributed by atoms with Gasteiger partial charge in [-0.2, -0.15) is 0 Å². The molecule has 0 spiro atoms. The molecule has 0 heterocycles. The molecule has 0 aromatic heterocycles. The highest BCUT2D eigenvalue weighted by Crippen LogP contribution is 2.18. The summed E-state index contributed by atoms with van der Waals surface area (Å²) in [4.78, 5) is 25.4. The van der Waals surface area contributed by atoms with Gasteiger partial charge in [0.25, 0.3) is 11.8 Å². The lowest BCUT2D eigenvalue weighted by Crippen LogP contribution is -2.35. The summed E-state index contributed by atoms with van der Waals surface area (Å²) in [5, 5.41) is 8.69. The molecule has 0 saturated heterocycles. The van der Waals surface area contributed by atoms with Crippen molar-refractivity contribution in [3.05, 3.63) is 95.6 Å². The maximum absolute atomic E-state index is 12.9. The van der Waals surface area contributed by atoms with E-state index in [9.17, 15) is 9.59 Å². The quantitative estimate of drug-likeness (QED) is 0.427. The van der Waals surface area contributed by atoms with E-state index in [1.165, 1.54) is 0 Å². The van der Waals surface area contributed by atoms with Gasteiger partial charge in [0.05, 0.1) is 23.4 Å². The number of para-hydroxylation sites is 1. The Labute approximate surface area is 199 Å². The van der Waals surface area contributed by atoms with E-state index in [2.05, 4.69) is 16.0 Å². The van der Waals surface area contributed by atoms with Gasteiger partial charge in [0.2, 0.25) is 0 Å². The van der Waals surface area contributed by atoms with Gasteiger partial charge in [0.1, 0.15) is 5.75 Å². The van der Waals surface area contributed by atoms with E-state index in [0.717, 1.165) is 5.56 Å². The zero-order valence-electron chi connectivity index (χ0n) is 18.8. The second-order valence-electron chi connectivity index (χ2n) is 7.75. The topological polar surface area (TPSA) is 79.5 Å². The van der Waals surface area contributed by atoms with Crippen LogP contribution in [0.4, 0.5) is 5.69 Å². The average Bonchev–Trinajstić information content (AvgIpc) is 2.80. The number of anilines is 1. The lowest BCUT2D eigenvalue weighted by molar-refractivity contribution is 0.0939. The molecular formula is C26H27N3O3S. The molecule has 170 valence electrons. The number of thiocarbonyl (C=S) groups is 1. The number of carbonyl (C=O) groups is 2. The van der Waals surface area contributed by atoms with Crippen molar-refractivity contribution in [2.45, 2.75) is 32.9 Å². The van der Waals surface area contributed by atoms with E-state index in [1.807, 2.05) is 51.1 Å². The van der Waals surface area contributed by atoms with Crippen LogP contribution in [-0.2, 0) is 0 Å². The van der Waals surface area contributed by atoms with Gasteiger partial charge in [-0.05, 0) is 75.0 Å². The fourth-order valence-corrected chi connectivity index (χ4v) is 3.38. The number of amides is 2. The third-order valence-corrected chi connectivity index (χ3v) is 4.99. The number of hydrogen-bond donors (Lipinski definition) is 3. The van der Waals surface area contributed by atoms with Gasteiger partial charge in [0, 0.05) is 5.56 Å². The maximum atomic E-state index is 12.9. The van der Waals surface area contributed by atoms with Crippen LogP contribution in [0.15, 0.2) is 78.9 Å². The normalized spacial score (nSPS) is 11.4. The largest absolute Gasteiger partial charge is 0.491 e. The minimum Gasteiger partial charge on any atom is -0.491 e. The SMILES string of the molecule is CC(C)Oc1ccc(C(=O)NC(=S)Nc2ccccc2C(=O)NC(C)c2ccccc2)cc1. The first-order chi connectivity index (χ1) is 15.8. The van der Waals surface area contributed by atoms with Crippen molar-refractivity contribution in [3.8, 4) is 5.75 Å². The van der Waals surface area contributed by atoms with Gasteiger partial charge in [-0.15, -0.1) is 0 Å². The van der Waals surface area contributed by atoms with Gasteiger partial charge in [-0.25, -0.2) is 0 Å². The smallest absolute Gasteiger partial charge is 0.257 e. The van der Waals surface area contributed by atoms with Gasteiger partial charge in [-0.1, -0.05) is 42.5 Å². The van der Waals surface area contributed by atoms with Gasteiger partial charge in [0.15, 0.2) is 5.11 Å². The molecule has 0 aliphatic heterocycles. The van der Waals surface area contributed by atoms with Crippen molar-refractivity contribution in [2.75, 3.05) is 5.32 Å². The fraction of sp³-hybridized carbons (Fsp3) is 0.192. The molecule has 3 rings (SSSR count). The Kier molecular flexibility index (Phi) is 8.16. The monoisotopic (exact) mass is 461 g/mol. The predicted molar refractivity (Wildman–Crippen MR) is 135 cm³/mol. The molecule has 33 heavy (non-hydrogen) atoms. The third kappa shape index (κ3) is 6.89. The first-order valence-electron chi connectivity index (χ1n) is 10.7. The highest BCUT2D eigenvalue weighted by molar-refractivity contribution is 7.80. The van der Waals surface area contributed by atoms with Crippen molar-refractivity contribution < 1.29 is 14.3 Å². The molecule has 0 aliphatic rings. The van der Waals surface area contributed by atoms with Crippen LogP contribution in [-0.4, -0.2) is 23.0 Å². The predicted octanol–water partition coefficient (Wildman–Crippen LogP) is 5.09. The molecule has 3 N–H and O–H groups in total. The molecular weight excluding hydrogens is 434 g/mol. The molecule has 3 aromatic carbocycles. The minimum absolute atomic E-state index is 0.0504. The summed E-state index contributed by atoms with van der Waals surface area (Å²) in [5.41, 5.74) is 2.37. The van der Waals surface area contributed by atoms with Crippen LogP contribution in [0.25, 0.3) is 0 Å². The van der Waals surface area contributed by atoms with Gasteiger partial charge >= 0.3 is 0 Å². The second-order valence-corrected chi connectivity index (χ2v) is 8.16. The number of hydrogen-bond acceptors (Lipinski definition) is 4. The Morgan fingerprint density at radius 1 is 0.818 bits per heavy atom. The zero-order chi connectivity index (χ0) is 23.8. The number of rotatable bonds is 7. The first-order valence-corrected chi connectivity index (χ1v) is 11.1. The highest BCUT2D eigenvalue weighted by Gasteiger charge is 2.16. The fourth-order valence-electron chi connectivity index (χ4n) is 3.18. The Hall–Kier alpha value is -3.71. The van der Waals surface area contributed by atoms with E-state index in [-0.39, 0.29) is 29.1 Å². The minimum atomic E-state index is -0.358. The maximum Gasteiger partial charge on any atom is 0.257 e. The lowest BCUT2D eigenvalue weighted by Gasteiger charge is -2.17. The summed E-state index contributed by atoms with van der Waals surface area (Å²) in [5.74, 6) is 0.0828. The van der Waals surface area contributed by atoms with Crippen LogP contribution in [0.2, 0.25) is 0 Å². The summed E-state index contributed by atoms with van der Waals surface area (Å²) in [6.07, 6.45) is 0.0504. The van der Waals surface area contributed by atoms with E-state index < -0.39 is 0 Å². The molecule has 6 nitrogen and oxygen atoms in total. The van der Waals surface area contributed by atoms with Crippen molar-refractivity contribution in [1.29, 1.82) is 0 Å². The standard InChI is InChI=1S/C26H27N3O3S/c1-17(2)32-21-15-13-20(14-16-21)24(30)29-26(33)28-23-12-8-7-11-22(23)25(31)27-18(3)19-9-5-4-6-10-19/h4-18H,1-3H3,(H,27,31)(H2,28,29,30,33). The van der Waals surface area contributed by atoms with E-state index in [0.29, 0.717) is 22.6 Å². The van der Waals surface area contributed by atoms with E-state index in [1.54, 1.807) is 48.5 Å². The van der Waals surface area contributed by atoms with Crippen LogP contribution in [0, 0.1) is 0 Å². The van der Waals surface area contributed by atoms with Gasteiger partial charge in [-0.3, -0.25) is 14.9 Å². The summed E-state index contributed by atoms with van der Waals surface area (Å²) in [6.45, 7) is 5.79. The number of carbonyl (C=O) groups excluding carboxylic acids is 2. The first kappa shape index (κ1) is 23.9. The van der Waals surface area contributed by atoms with Crippen molar-refractivity contribution in [1.82, 2.24) is 10.6 Å². The second kappa shape index (κ2) is 11.2. The Morgan fingerprint density at radius 2 is 1.45 bits per heavy atom. The van der Waals surface area contributed by atoms with Crippen LogP contribution in [0.1, 0.15) is 53.1 Å². The Morgan fingerprint density at radius 3 is 2.12 bits per heavy atom. The summed E-state index contributed by atoms with van der Waals surface area (Å²) < 4.78 is 5.59. The van der Waals surface area contributed by atoms with Crippen molar-refractivity contribution in [2.24, 2.45) is 0 Å². The van der Waals surface area contributed by atoms with E-state index in [4.69, 9.17) is 17.0 Å². The molecule has 0 radical (unpaired) electrons. The van der Waals surface area contributed by atoms with Crippen molar-refractivity contribution >= 4 is 34.8 Å². The van der Waals surface area contributed by atoms with Crippen molar-refractivity contribution in [3.63, 3.8) is 0 Å². The van der Waals surface area contributed by atoms with Crippen LogP contribution in [0.5, 0.6) is 5.75 Å². The molecule has 2 amide bonds. The van der Waals surface area contributed by atoms with E-state index >= 15 is 0 Å². The summed E-state index contributed by atoms with van der Waals surface area (Å²) in [6, 6.07) is 23.4. The zero-order valence-corrected chi connectivity index (χ0v) is 19.6. The number of nitrogens with one attached hydrogen (secondary N) is 3.